The van der Waals surface area contributed by atoms with Gasteiger partial charge in [0.2, 0.25) is 0 Å². The van der Waals surface area contributed by atoms with Crippen LogP contribution < -0.4 is 5.32 Å². The van der Waals surface area contributed by atoms with Gasteiger partial charge in [0, 0.05) is 34.7 Å². The fourth-order valence-corrected chi connectivity index (χ4v) is 2.30. The molecule has 0 amide bonds. The number of halogens is 1. The number of fused-ring (bicyclic) bond motifs is 1. The molecule has 0 bridgehead atoms. The predicted octanol–water partition coefficient (Wildman–Crippen LogP) is 3.41. The van der Waals surface area contributed by atoms with Crippen molar-refractivity contribution in [3.05, 3.63) is 52.5 Å². The molecule has 5 heteroatoms. The third-order valence-corrected chi connectivity index (χ3v) is 3.26. The topological polar surface area (TPSA) is 53.9 Å². The SMILES string of the molecule is Cc1cc(CNCc2c[nH]c3cc(Cl)ccc23)on1. The largest absolute Gasteiger partial charge is 0.361 e. The van der Waals surface area contributed by atoms with E-state index in [1.54, 1.807) is 0 Å². The molecular formula is C14H14ClN3O. The van der Waals surface area contributed by atoms with Crippen molar-refractivity contribution >= 4 is 22.5 Å². The molecule has 98 valence electrons. The summed E-state index contributed by atoms with van der Waals surface area (Å²) >= 11 is 5.96. The van der Waals surface area contributed by atoms with Gasteiger partial charge in [-0.3, -0.25) is 0 Å². The molecule has 2 aromatic heterocycles. The van der Waals surface area contributed by atoms with Crippen LogP contribution in [0.4, 0.5) is 0 Å². The molecule has 0 saturated heterocycles. The smallest absolute Gasteiger partial charge is 0.150 e. The molecular weight excluding hydrogens is 262 g/mol. The molecule has 3 aromatic rings. The second kappa shape index (κ2) is 5.07. The third kappa shape index (κ3) is 2.64. The standard InChI is InChI=1S/C14H14ClN3O/c1-9-4-12(19-18-9)8-16-6-10-7-17-14-5-11(15)2-3-13(10)14/h2-5,7,16-17H,6,8H2,1H3. The fourth-order valence-electron chi connectivity index (χ4n) is 2.12. The Bertz CT molecular complexity index is 702. The normalized spacial score (nSPS) is 11.3. The minimum Gasteiger partial charge on any atom is -0.361 e. The summed E-state index contributed by atoms with van der Waals surface area (Å²) in [4.78, 5) is 3.22. The van der Waals surface area contributed by atoms with E-state index in [1.807, 2.05) is 37.4 Å². The lowest BCUT2D eigenvalue weighted by Gasteiger charge is -2.01. The van der Waals surface area contributed by atoms with Crippen molar-refractivity contribution in [2.45, 2.75) is 20.0 Å². The zero-order valence-electron chi connectivity index (χ0n) is 10.5. The number of aromatic nitrogens is 2. The second-order valence-corrected chi connectivity index (χ2v) is 4.98. The molecule has 19 heavy (non-hydrogen) atoms. The van der Waals surface area contributed by atoms with Gasteiger partial charge in [0.25, 0.3) is 0 Å². The number of nitrogens with zero attached hydrogens (tertiary/aromatic N) is 1. The Labute approximate surface area is 115 Å². The Morgan fingerprint density at radius 3 is 3.00 bits per heavy atom. The van der Waals surface area contributed by atoms with E-state index < -0.39 is 0 Å². The van der Waals surface area contributed by atoms with Crippen molar-refractivity contribution in [1.29, 1.82) is 0 Å². The minimum atomic E-state index is 0.668. The lowest BCUT2D eigenvalue weighted by Crippen LogP contribution is -2.11. The van der Waals surface area contributed by atoms with Crippen LogP contribution in [0.5, 0.6) is 0 Å². The van der Waals surface area contributed by atoms with Gasteiger partial charge >= 0.3 is 0 Å². The van der Waals surface area contributed by atoms with Gasteiger partial charge in [0.15, 0.2) is 5.76 Å². The zero-order valence-corrected chi connectivity index (χ0v) is 11.3. The average molecular weight is 276 g/mol. The summed E-state index contributed by atoms with van der Waals surface area (Å²) in [6, 6.07) is 7.80. The van der Waals surface area contributed by atoms with Crippen LogP contribution in [-0.4, -0.2) is 10.1 Å². The van der Waals surface area contributed by atoms with E-state index in [4.69, 9.17) is 16.1 Å². The number of hydrogen-bond acceptors (Lipinski definition) is 3. The maximum absolute atomic E-state index is 5.96. The van der Waals surface area contributed by atoms with Gasteiger partial charge in [0.1, 0.15) is 0 Å². The number of H-pyrrole nitrogens is 1. The molecule has 0 saturated carbocycles. The van der Waals surface area contributed by atoms with Gasteiger partial charge in [-0.2, -0.15) is 0 Å². The lowest BCUT2D eigenvalue weighted by atomic mass is 10.2. The molecule has 0 fully saturated rings. The Hall–Kier alpha value is -1.78. The maximum atomic E-state index is 5.96. The fraction of sp³-hybridized carbons (Fsp3) is 0.214. The Morgan fingerprint density at radius 1 is 1.32 bits per heavy atom. The summed E-state index contributed by atoms with van der Waals surface area (Å²) in [6.07, 6.45) is 2.00. The highest BCUT2D eigenvalue weighted by Crippen LogP contribution is 2.21. The number of rotatable bonds is 4. The molecule has 0 aliphatic heterocycles. The van der Waals surface area contributed by atoms with Crippen molar-refractivity contribution in [2.24, 2.45) is 0 Å². The third-order valence-electron chi connectivity index (χ3n) is 3.02. The van der Waals surface area contributed by atoms with Crippen molar-refractivity contribution in [2.75, 3.05) is 0 Å². The monoisotopic (exact) mass is 275 g/mol. The van der Waals surface area contributed by atoms with Crippen LogP contribution in [0.15, 0.2) is 35.0 Å². The summed E-state index contributed by atoms with van der Waals surface area (Å²) in [5.74, 6) is 0.848. The first kappa shape index (κ1) is 12.3. The van der Waals surface area contributed by atoms with Crippen molar-refractivity contribution < 1.29 is 4.52 Å². The molecule has 0 spiro atoms. The number of nitrogens with one attached hydrogen (secondary N) is 2. The average Bonchev–Trinajstić information content (AvgIpc) is 2.96. The van der Waals surface area contributed by atoms with E-state index in [9.17, 15) is 0 Å². The first-order chi connectivity index (χ1) is 9.22. The number of aryl methyl sites for hydroxylation is 1. The van der Waals surface area contributed by atoms with E-state index in [0.29, 0.717) is 6.54 Å². The van der Waals surface area contributed by atoms with Crippen LogP contribution in [0.3, 0.4) is 0 Å². The van der Waals surface area contributed by atoms with Crippen LogP contribution in [0.2, 0.25) is 5.02 Å². The quantitative estimate of drug-likeness (QED) is 0.767. The molecule has 4 nitrogen and oxygen atoms in total. The predicted molar refractivity (Wildman–Crippen MR) is 75.1 cm³/mol. The summed E-state index contributed by atoms with van der Waals surface area (Å²) in [6.45, 7) is 3.35. The molecule has 2 heterocycles. The summed E-state index contributed by atoms with van der Waals surface area (Å²) in [7, 11) is 0. The van der Waals surface area contributed by atoms with E-state index >= 15 is 0 Å². The lowest BCUT2D eigenvalue weighted by molar-refractivity contribution is 0.369. The maximum Gasteiger partial charge on any atom is 0.150 e. The number of aromatic amines is 1. The Kier molecular flexibility index (Phi) is 3.27. The van der Waals surface area contributed by atoms with Gasteiger partial charge in [-0.05, 0) is 24.6 Å². The highest BCUT2D eigenvalue weighted by molar-refractivity contribution is 6.31. The van der Waals surface area contributed by atoms with Gasteiger partial charge in [-0.25, -0.2) is 0 Å². The minimum absolute atomic E-state index is 0.668. The van der Waals surface area contributed by atoms with Crippen molar-refractivity contribution in [3.63, 3.8) is 0 Å². The van der Waals surface area contributed by atoms with Gasteiger partial charge in [-0.15, -0.1) is 0 Å². The first-order valence-corrected chi connectivity index (χ1v) is 6.48. The van der Waals surface area contributed by atoms with Gasteiger partial charge < -0.3 is 14.8 Å². The number of hydrogen-bond donors (Lipinski definition) is 2. The Balaban J connectivity index is 1.68. The van der Waals surface area contributed by atoms with Crippen molar-refractivity contribution in [1.82, 2.24) is 15.5 Å². The number of benzene rings is 1. The van der Waals surface area contributed by atoms with Crippen LogP contribution in [0, 0.1) is 6.92 Å². The van der Waals surface area contributed by atoms with Crippen LogP contribution in [0.1, 0.15) is 17.0 Å². The van der Waals surface area contributed by atoms with Crippen LogP contribution >= 0.6 is 11.6 Å². The summed E-state index contributed by atoms with van der Waals surface area (Å²) in [5, 5.41) is 9.12. The van der Waals surface area contributed by atoms with Gasteiger partial charge in [0.05, 0.1) is 12.2 Å². The molecule has 0 unspecified atom stereocenters. The van der Waals surface area contributed by atoms with Crippen LogP contribution in [-0.2, 0) is 13.1 Å². The first-order valence-electron chi connectivity index (χ1n) is 6.11. The second-order valence-electron chi connectivity index (χ2n) is 4.54. The molecule has 0 aliphatic rings. The van der Waals surface area contributed by atoms with Crippen molar-refractivity contribution in [3.8, 4) is 0 Å². The molecule has 0 radical (unpaired) electrons. The van der Waals surface area contributed by atoms with E-state index in [2.05, 4.69) is 15.5 Å². The molecule has 1 aromatic carbocycles. The van der Waals surface area contributed by atoms with Crippen LogP contribution in [0.25, 0.3) is 10.9 Å². The highest BCUT2D eigenvalue weighted by atomic mass is 35.5. The summed E-state index contributed by atoms with van der Waals surface area (Å²) < 4.78 is 5.15. The van der Waals surface area contributed by atoms with E-state index in [1.165, 1.54) is 10.9 Å². The highest BCUT2D eigenvalue weighted by Gasteiger charge is 2.05. The molecule has 3 rings (SSSR count). The molecule has 0 atom stereocenters. The van der Waals surface area contributed by atoms with Gasteiger partial charge in [-0.1, -0.05) is 22.8 Å². The zero-order chi connectivity index (χ0) is 13.2. The van der Waals surface area contributed by atoms with E-state index in [0.717, 1.165) is 28.5 Å². The molecule has 0 aliphatic carbocycles. The van der Waals surface area contributed by atoms with E-state index in [-0.39, 0.29) is 0 Å². The summed E-state index contributed by atoms with van der Waals surface area (Å²) in [5.41, 5.74) is 3.17. The molecule has 2 N–H and O–H groups in total. The Morgan fingerprint density at radius 2 is 2.21 bits per heavy atom.